The van der Waals surface area contributed by atoms with E-state index in [0.29, 0.717) is 0 Å². The lowest BCUT2D eigenvalue weighted by Crippen LogP contribution is -2.33. The van der Waals surface area contributed by atoms with Crippen LogP contribution in [0.4, 0.5) is 0 Å². The molecule has 1 saturated heterocycles. The molecule has 0 spiro atoms. The van der Waals surface area contributed by atoms with Crippen molar-refractivity contribution < 1.29 is 14.9 Å². The van der Waals surface area contributed by atoms with Gasteiger partial charge in [0.15, 0.2) is 5.65 Å². The van der Waals surface area contributed by atoms with Crippen molar-refractivity contribution >= 4 is 11.0 Å². The van der Waals surface area contributed by atoms with E-state index in [1.165, 1.54) is 12.5 Å². The van der Waals surface area contributed by atoms with E-state index in [0.717, 1.165) is 4.57 Å². The average Bonchev–Trinajstić information content (AvgIpc) is 2.80. The molecule has 0 bridgehead atoms. The van der Waals surface area contributed by atoms with E-state index in [1.54, 1.807) is 0 Å². The molecule has 9 heteroatoms. The van der Waals surface area contributed by atoms with Crippen LogP contribution in [0.25, 0.3) is 11.0 Å². The molecule has 2 aromatic rings. The highest BCUT2D eigenvalue weighted by atomic mass is 16.5. The van der Waals surface area contributed by atoms with Crippen LogP contribution in [0.1, 0.15) is 12.6 Å². The molecule has 0 saturated carbocycles. The first-order chi connectivity index (χ1) is 9.61. The summed E-state index contributed by atoms with van der Waals surface area (Å²) in [6.45, 7) is -0.358. The van der Waals surface area contributed by atoms with Gasteiger partial charge in [0.1, 0.15) is 24.0 Å². The quantitative estimate of drug-likeness (QED) is 0.586. The van der Waals surface area contributed by atoms with Crippen LogP contribution in [-0.4, -0.2) is 48.5 Å². The minimum atomic E-state index is -0.888. The first-order valence-corrected chi connectivity index (χ1v) is 6.00. The SMILES string of the molecule is O=c1[nH]c(=O)n(C2CC(O)C(CO)O2)c2ncncc12. The Bertz CT molecular complexity index is 754. The number of aromatic amines is 1. The van der Waals surface area contributed by atoms with Crippen molar-refractivity contribution in [2.24, 2.45) is 0 Å². The number of hydrogen-bond donors (Lipinski definition) is 3. The second-order valence-corrected chi connectivity index (χ2v) is 4.50. The second kappa shape index (κ2) is 4.78. The van der Waals surface area contributed by atoms with Crippen LogP contribution < -0.4 is 11.2 Å². The number of rotatable bonds is 2. The molecule has 3 unspecified atom stereocenters. The van der Waals surface area contributed by atoms with Gasteiger partial charge < -0.3 is 14.9 Å². The molecule has 3 N–H and O–H groups in total. The second-order valence-electron chi connectivity index (χ2n) is 4.50. The average molecular weight is 280 g/mol. The van der Waals surface area contributed by atoms with E-state index in [9.17, 15) is 14.7 Å². The maximum Gasteiger partial charge on any atom is 0.332 e. The molecule has 0 amide bonds. The Morgan fingerprint density at radius 1 is 1.50 bits per heavy atom. The van der Waals surface area contributed by atoms with Gasteiger partial charge in [-0.3, -0.25) is 14.3 Å². The standard InChI is InChI=1S/C11H12N4O5/c16-3-7-6(17)1-8(20-7)15-9-5(2-12-4-13-9)10(18)14-11(15)19/h2,4,6-8,16-17H,1,3H2,(H,14,18,19). The van der Waals surface area contributed by atoms with Crippen molar-refractivity contribution in [2.75, 3.05) is 6.61 Å². The number of aromatic nitrogens is 4. The van der Waals surface area contributed by atoms with Crippen molar-refractivity contribution in [3.63, 3.8) is 0 Å². The van der Waals surface area contributed by atoms with Gasteiger partial charge in [0.2, 0.25) is 0 Å². The fraction of sp³-hybridized carbons (Fsp3) is 0.455. The number of nitrogens with zero attached hydrogens (tertiary/aromatic N) is 3. The number of fused-ring (bicyclic) bond motifs is 1. The van der Waals surface area contributed by atoms with Crippen molar-refractivity contribution in [3.05, 3.63) is 33.4 Å². The summed E-state index contributed by atoms with van der Waals surface area (Å²) >= 11 is 0. The number of aliphatic hydroxyl groups excluding tert-OH is 2. The lowest BCUT2D eigenvalue weighted by Gasteiger charge is -2.15. The van der Waals surface area contributed by atoms with Crippen molar-refractivity contribution in [1.29, 1.82) is 0 Å². The zero-order valence-electron chi connectivity index (χ0n) is 10.3. The molecule has 0 radical (unpaired) electrons. The van der Waals surface area contributed by atoms with Gasteiger partial charge in [0.25, 0.3) is 5.56 Å². The van der Waals surface area contributed by atoms with E-state index in [2.05, 4.69) is 15.0 Å². The lowest BCUT2D eigenvalue weighted by molar-refractivity contribution is -0.0445. The summed E-state index contributed by atoms with van der Waals surface area (Å²) in [5, 5.41) is 19.0. The summed E-state index contributed by atoms with van der Waals surface area (Å²) in [4.78, 5) is 33.5. The smallest absolute Gasteiger partial charge is 0.332 e. The van der Waals surface area contributed by atoms with Crippen LogP contribution in [0.5, 0.6) is 0 Å². The Balaban J connectivity index is 2.18. The van der Waals surface area contributed by atoms with Crippen LogP contribution in [0.3, 0.4) is 0 Å². The summed E-state index contributed by atoms with van der Waals surface area (Å²) < 4.78 is 6.57. The lowest BCUT2D eigenvalue weighted by atomic mass is 10.2. The monoisotopic (exact) mass is 280 g/mol. The van der Waals surface area contributed by atoms with Gasteiger partial charge in [-0.25, -0.2) is 14.8 Å². The first-order valence-electron chi connectivity index (χ1n) is 6.00. The number of H-pyrrole nitrogens is 1. The predicted octanol–water partition coefficient (Wildman–Crippen LogP) is -1.88. The van der Waals surface area contributed by atoms with Gasteiger partial charge in [-0.05, 0) is 0 Å². The molecule has 9 nitrogen and oxygen atoms in total. The fourth-order valence-corrected chi connectivity index (χ4v) is 2.30. The molecule has 1 aliphatic rings. The van der Waals surface area contributed by atoms with Crippen molar-refractivity contribution in [2.45, 2.75) is 24.9 Å². The maximum atomic E-state index is 12.0. The third kappa shape index (κ3) is 1.92. The van der Waals surface area contributed by atoms with Gasteiger partial charge in [-0.15, -0.1) is 0 Å². The molecule has 1 aliphatic heterocycles. The molecular formula is C11H12N4O5. The molecule has 106 valence electrons. The van der Waals surface area contributed by atoms with E-state index >= 15 is 0 Å². The van der Waals surface area contributed by atoms with Gasteiger partial charge in [0.05, 0.1) is 12.7 Å². The number of nitrogens with one attached hydrogen (secondary N) is 1. The molecule has 3 atom stereocenters. The normalized spacial score (nSPS) is 26.2. The van der Waals surface area contributed by atoms with E-state index in [1.807, 2.05) is 0 Å². The largest absolute Gasteiger partial charge is 0.394 e. The van der Waals surface area contributed by atoms with Crippen LogP contribution >= 0.6 is 0 Å². The molecule has 3 heterocycles. The van der Waals surface area contributed by atoms with Crippen LogP contribution in [0.15, 0.2) is 22.1 Å². The van der Waals surface area contributed by atoms with E-state index in [-0.39, 0.29) is 24.1 Å². The van der Waals surface area contributed by atoms with Crippen LogP contribution in [0, 0.1) is 0 Å². The summed E-state index contributed by atoms with van der Waals surface area (Å²) in [6, 6.07) is 0. The third-order valence-electron chi connectivity index (χ3n) is 3.28. The van der Waals surface area contributed by atoms with Crippen molar-refractivity contribution in [1.82, 2.24) is 19.5 Å². The minimum absolute atomic E-state index is 0.121. The molecule has 0 aromatic carbocycles. The maximum absolute atomic E-state index is 12.0. The zero-order chi connectivity index (χ0) is 14.3. The Hall–Kier alpha value is -2.10. The number of ether oxygens (including phenoxy) is 1. The third-order valence-corrected chi connectivity index (χ3v) is 3.28. The van der Waals surface area contributed by atoms with Crippen molar-refractivity contribution in [3.8, 4) is 0 Å². The molecule has 20 heavy (non-hydrogen) atoms. The zero-order valence-corrected chi connectivity index (χ0v) is 10.3. The summed E-state index contributed by atoms with van der Waals surface area (Å²) in [5.74, 6) is 0. The van der Waals surface area contributed by atoms with E-state index in [4.69, 9.17) is 9.84 Å². The highest BCUT2D eigenvalue weighted by Gasteiger charge is 2.36. The topological polar surface area (TPSA) is 130 Å². The van der Waals surface area contributed by atoms with E-state index < -0.39 is 29.7 Å². The summed E-state index contributed by atoms with van der Waals surface area (Å²) in [6.07, 6.45) is 0.176. The molecule has 3 rings (SSSR count). The van der Waals surface area contributed by atoms with Gasteiger partial charge in [-0.2, -0.15) is 0 Å². The Morgan fingerprint density at radius 3 is 3.00 bits per heavy atom. The van der Waals surface area contributed by atoms with Gasteiger partial charge in [0, 0.05) is 12.6 Å². The van der Waals surface area contributed by atoms with Crippen LogP contribution in [0.2, 0.25) is 0 Å². The molecule has 0 aliphatic carbocycles. The minimum Gasteiger partial charge on any atom is -0.394 e. The Kier molecular flexibility index (Phi) is 3.08. The van der Waals surface area contributed by atoms with Gasteiger partial charge >= 0.3 is 5.69 Å². The highest BCUT2D eigenvalue weighted by Crippen LogP contribution is 2.28. The highest BCUT2D eigenvalue weighted by molar-refractivity contribution is 5.72. The van der Waals surface area contributed by atoms with Gasteiger partial charge in [-0.1, -0.05) is 0 Å². The molecule has 2 aromatic heterocycles. The Labute approximate surface area is 111 Å². The van der Waals surface area contributed by atoms with Crippen LogP contribution in [-0.2, 0) is 4.74 Å². The fourth-order valence-electron chi connectivity index (χ4n) is 2.30. The molecule has 1 fully saturated rings. The summed E-state index contributed by atoms with van der Waals surface area (Å²) in [5.41, 5.74) is -1.14. The molecular weight excluding hydrogens is 268 g/mol. The number of hydrogen-bond acceptors (Lipinski definition) is 7. The predicted molar refractivity (Wildman–Crippen MR) is 66.0 cm³/mol. The number of aliphatic hydroxyl groups is 2. The Morgan fingerprint density at radius 2 is 2.30 bits per heavy atom. The first kappa shape index (κ1) is 12.9. The summed E-state index contributed by atoms with van der Waals surface area (Å²) in [7, 11) is 0.